The lowest BCUT2D eigenvalue weighted by atomic mass is 9.99. The van der Waals surface area contributed by atoms with Gasteiger partial charge in [-0.2, -0.15) is 0 Å². The molecule has 14 heavy (non-hydrogen) atoms. The Kier molecular flexibility index (Phi) is 6.15. The van der Waals surface area contributed by atoms with Crippen LogP contribution in [0.2, 0.25) is 0 Å². The highest BCUT2D eigenvalue weighted by molar-refractivity contribution is 4.67. The van der Waals surface area contributed by atoms with Gasteiger partial charge in [-0.15, -0.1) is 0 Å². The standard InChI is InChI=1S/C11H24N2O/c1-13(2)8-3-9-14-10-11-4-6-12-7-5-11/h11-12H,3-10H2,1-2H3. The first-order chi connectivity index (χ1) is 6.79. The summed E-state index contributed by atoms with van der Waals surface area (Å²) in [7, 11) is 4.21. The SMILES string of the molecule is CN(C)CCCOCC1CCNCC1. The van der Waals surface area contributed by atoms with Crippen LogP contribution in [-0.2, 0) is 4.74 Å². The van der Waals surface area contributed by atoms with E-state index in [9.17, 15) is 0 Å². The van der Waals surface area contributed by atoms with Crippen molar-refractivity contribution < 1.29 is 4.74 Å². The fourth-order valence-electron chi connectivity index (χ4n) is 1.78. The largest absolute Gasteiger partial charge is 0.381 e. The summed E-state index contributed by atoms with van der Waals surface area (Å²) >= 11 is 0. The van der Waals surface area contributed by atoms with Crippen LogP contribution in [-0.4, -0.2) is 51.8 Å². The molecular weight excluding hydrogens is 176 g/mol. The van der Waals surface area contributed by atoms with E-state index in [0.717, 1.165) is 32.1 Å². The van der Waals surface area contributed by atoms with Crippen LogP contribution in [0, 0.1) is 5.92 Å². The van der Waals surface area contributed by atoms with Crippen molar-refractivity contribution in [3.05, 3.63) is 0 Å². The Labute approximate surface area is 87.8 Å². The maximum Gasteiger partial charge on any atom is 0.0495 e. The minimum Gasteiger partial charge on any atom is -0.381 e. The molecule has 1 aliphatic rings. The molecule has 3 nitrogen and oxygen atoms in total. The molecule has 84 valence electrons. The molecule has 1 heterocycles. The summed E-state index contributed by atoms with van der Waals surface area (Å²) in [5.74, 6) is 0.801. The van der Waals surface area contributed by atoms with Gasteiger partial charge in [0.05, 0.1) is 0 Å². The first-order valence-corrected chi connectivity index (χ1v) is 5.72. The molecule has 0 aliphatic carbocycles. The second kappa shape index (κ2) is 7.21. The third-order valence-corrected chi connectivity index (χ3v) is 2.71. The number of piperidine rings is 1. The van der Waals surface area contributed by atoms with Crippen LogP contribution in [0.5, 0.6) is 0 Å². The molecule has 1 N–H and O–H groups in total. The highest BCUT2D eigenvalue weighted by Crippen LogP contribution is 2.11. The highest BCUT2D eigenvalue weighted by atomic mass is 16.5. The zero-order chi connectivity index (χ0) is 10.2. The van der Waals surface area contributed by atoms with Crippen LogP contribution < -0.4 is 5.32 Å². The van der Waals surface area contributed by atoms with Gasteiger partial charge in [-0.1, -0.05) is 0 Å². The molecule has 0 amide bonds. The van der Waals surface area contributed by atoms with E-state index in [-0.39, 0.29) is 0 Å². The van der Waals surface area contributed by atoms with Gasteiger partial charge in [0, 0.05) is 13.2 Å². The van der Waals surface area contributed by atoms with Crippen molar-refractivity contribution in [2.24, 2.45) is 5.92 Å². The van der Waals surface area contributed by atoms with E-state index in [1.165, 1.54) is 25.9 Å². The van der Waals surface area contributed by atoms with Gasteiger partial charge in [-0.05, 0) is 58.9 Å². The second-order valence-electron chi connectivity index (χ2n) is 4.43. The summed E-state index contributed by atoms with van der Waals surface area (Å²) in [6.07, 6.45) is 3.72. The summed E-state index contributed by atoms with van der Waals surface area (Å²) in [6, 6.07) is 0. The molecule has 0 spiro atoms. The summed E-state index contributed by atoms with van der Waals surface area (Å²) in [4.78, 5) is 2.20. The second-order valence-corrected chi connectivity index (χ2v) is 4.43. The number of rotatable bonds is 6. The van der Waals surface area contributed by atoms with Crippen molar-refractivity contribution >= 4 is 0 Å². The van der Waals surface area contributed by atoms with Gasteiger partial charge in [0.1, 0.15) is 0 Å². The Morgan fingerprint density at radius 2 is 2.00 bits per heavy atom. The lowest BCUT2D eigenvalue weighted by molar-refractivity contribution is 0.0827. The van der Waals surface area contributed by atoms with Crippen LogP contribution in [0.4, 0.5) is 0 Å². The van der Waals surface area contributed by atoms with Gasteiger partial charge < -0.3 is 15.0 Å². The topological polar surface area (TPSA) is 24.5 Å². The Morgan fingerprint density at radius 3 is 2.64 bits per heavy atom. The Bertz CT molecular complexity index is 133. The molecule has 1 rings (SSSR count). The molecule has 0 saturated carbocycles. The van der Waals surface area contributed by atoms with Gasteiger partial charge in [-0.3, -0.25) is 0 Å². The van der Waals surface area contributed by atoms with E-state index in [0.29, 0.717) is 0 Å². The Balaban J connectivity index is 1.87. The van der Waals surface area contributed by atoms with Crippen LogP contribution in [0.3, 0.4) is 0 Å². The molecule has 0 radical (unpaired) electrons. The third-order valence-electron chi connectivity index (χ3n) is 2.71. The average Bonchev–Trinajstić information content (AvgIpc) is 2.18. The Morgan fingerprint density at radius 1 is 1.29 bits per heavy atom. The van der Waals surface area contributed by atoms with E-state index in [1.807, 2.05) is 0 Å². The van der Waals surface area contributed by atoms with Crippen molar-refractivity contribution in [3.8, 4) is 0 Å². The minimum absolute atomic E-state index is 0.801. The van der Waals surface area contributed by atoms with E-state index >= 15 is 0 Å². The van der Waals surface area contributed by atoms with Gasteiger partial charge in [-0.25, -0.2) is 0 Å². The van der Waals surface area contributed by atoms with Crippen molar-refractivity contribution in [2.45, 2.75) is 19.3 Å². The van der Waals surface area contributed by atoms with Crippen molar-refractivity contribution in [3.63, 3.8) is 0 Å². The van der Waals surface area contributed by atoms with Gasteiger partial charge >= 0.3 is 0 Å². The van der Waals surface area contributed by atoms with E-state index in [2.05, 4.69) is 24.3 Å². The first-order valence-electron chi connectivity index (χ1n) is 5.72. The third kappa shape index (κ3) is 5.58. The number of hydrogen-bond donors (Lipinski definition) is 1. The molecule has 0 aromatic rings. The number of nitrogens with zero attached hydrogens (tertiary/aromatic N) is 1. The zero-order valence-electron chi connectivity index (χ0n) is 9.59. The molecule has 1 saturated heterocycles. The van der Waals surface area contributed by atoms with Crippen LogP contribution in [0.25, 0.3) is 0 Å². The first kappa shape index (κ1) is 12.0. The van der Waals surface area contributed by atoms with Gasteiger partial charge in [0.25, 0.3) is 0 Å². The summed E-state index contributed by atoms with van der Waals surface area (Å²) in [6.45, 7) is 5.36. The highest BCUT2D eigenvalue weighted by Gasteiger charge is 2.12. The predicted octanol–water partition coefficient (Wildman–Crippen LogP) is 0.954. The van der Waals surface area contributed by atoms with Crippen molar-refractivity contribution in [1.82, 2.24) is 10.2 Å². The van der Waals surface area contributed by atoms with Crippen LogP contribution in [0.1, 0.15) is 19.3 Å². The van der Waals surface area contributed by atoms with Crippen LogP contribution >= 0.6 is 0 Å². The normalized spacial score (nSPS) is 19.1. The zero-order valence-corrected chi connectivity index (χ0v) is 9.59. The molecule has 0 aromatic carbocycles. The lowest BCUT2D eigenvalue weighted by Gasteiger charge is -2.22. The maximum absolute atomic E-state index is 5.67. The smallest absolute Gasteiger partial charge is 0.0495 e. The number of ether oxygens (including phenoxy) is 1. The minimum atomic E-state index is 0.801. The Hall–Kier alpha value is -0.120. The fourth-order valence-corrected chi connectivity index (χ4v) is 1.78. The average molecular weight is 200 g/mol. The molecule has 0 unspecified atom stereocenters. The van der Waals surface area contributed by atoms with Gasteiger partial charge in [0.2, 0.25) is 0 Å². The molecule has 0 atom stereocenters. The summed E-state index contributed by atoms with van der Waals surface area (Å²) < 4.78 is 5.67. The van der Waals surface area contributed by atoms with E-state index < -0.39 is 0 Å². The monoisotopic (exact) mass is 200 g/mol. The molecule has 0 bridgehead atoms. The maximum atomic E-state index is 5.67. The molecule has 1 aliphatic heterocycles. The lowest BCUT2D eigenvalue weighted by Crippen LogP contribution is -2.30. The summed E-state index contributed by atoms with van der Waals surface area (Å²) in [5, 5.41) is 3.37. The molecular formula is C11H24N2O. The number of hydrogen-bond acceptors (Lipinski definition) is 3. The molecule has 3 heteroatoms. The quantitative estimate of drug-likeness (QED) is 0.646. The molecule has 1 fully saturated rings. The fraction of sp³-hybridized carbons (Fsp3) is 1.00. The van der Waals surface area contributed by atoms with Gasteiger partial charge in [0.15, 0.2) is 0 Å². The molecule has 0 aromatic heterocycles. The predicted molar refractivity (Wildman–Crippen MR) is 59.6 cm³/mol. The van der Waals surface area contributed by atoms with Crippen molar-refractivity contribution in [1.29, 1.82) is 0 Å². The van der Waals surface area contributed by atoms with Crippen molar-refractivity contribution in [2.75, 3.05) is 46.9 Å². The van der Waals surface area contributed by atoms with E-state index in [1.54, 1.807) is 0 Å². The summed E-state index contributed by atoms with van der Waals surface area (Å²) in [5.41, 5.74) is 0. The number of nitrogens with one attached hydrogen (secondary N) is 1. The van der Waals surface area contributed by atoms with E-state index in [4.69, 9.17) is 4.74 Å². The van der Waals surface area contributed by atoms with Crippen LogP contribution in [0.15, 0.2) is 0 Å².